The highest BCUT2D eigenvalue weighted by Gasteiger charge is 2.17. The van der Waals surface area contributed by atoms with Gasteiger partial charge in [-0.1, -0.05) is 18.6 Å². The van der Waals surface area contributed by atoms with E-state index < -0.39 is 0 Å². The fourth-order valence-corrected chi connectivity index (χ4v) is 4.17. The largest absolute Gasteiger partial charge is 0.384 e. The molecule has 0 bridgehead atoms. The second kappa shape index (κ2) is 6.42. The summed E-state index contributed by atoms with van der Waals surface area (Å²) in [5, 5.41) is 3.57. The van der Waals surface area contributed by atoms with Gasteiger partial charge in [0.25, 0.3) is 0 Å². The molecule has 1 aliphatic carbocycles. The van der Waals surface area contributed by atoms with Crippen molar-refractivity contribution >= 4 is 44.2 Å². The number of hydrogen-bond acceptors (Lipinski definition) is 1. The number of rotatable bonds is 3. The fraction of sp³-hybridized carbons (Fsp3) is 0.467. The molecule has 2 unspecified atom stereocenters. The van der Waals surface area contributed by atoms with Gasteiger partial charge in [-0.2, -0.15) is 0 Å². The molecule has 0 aliphatic heterocycles. The predicted molar refractivity (Wildman–Crippen MR) is 91.0 cm³/mol. The first kappa shape index (κ1) is 14.4. The molecule has 0 heterocycles. The molecule has 0 saturated carbocycles. The second-order valence-corrected chi connectivity index (χ2v) is 7.40. The summed E-state index contributed by atoms with van der Waals surface area (Å²) in [5.74, 6) is 1.49. The van der Waals surface area contributed by atoms with Crippen molar-refractivity contribution in [1.29, 1.82) is 0 Å². The van der Waals surface area contributed by atoms with Crippen molar-refractivity contribution < 1.29 is 0 Å². The van der Waals surface area contributed by atoms with Gasteiger partial charge >= 0.3 is 0 Å². The lowest BCUT2D eigenvalue weighted by Crippen LogP contribution is -2.20. The summed E-state index contributed by atoms with van der Waals surface area (Å²) in [7, 11) is 0. The first-order valence-electron chi connectivity index (χ1n) is 6.41. The van der Waals surface area contributed by atoms with Gasteiger partial charge < -0.3 is 5.32 Å². The number of anilines is 1. The lowest BCUT2D eigenvalue weighted by Gasteiger charge is -2.26. The Bertz CT molecular complexity index is 456. The number of benzene rings is 1. The van der Waals surface area contributed by atoms with E-state index in [2.05, 4.69) is 82.0 Å². The number of allylic oxidation sites excluding steroid dienone is 2. The number of nitrogens with one attached hydrogen (secondary N) is 1. The van der Waals surface area contributed by atoms with Gasteiger partial charge in [-0.3, -0.25) is 0 Å². The molecule has 1 aromatic carbocycles. The minimum Gasteiger partial charge on any atom is -0.384 e. The van der Waals surface area contributed by atoms with Crippen LogP contribution >= 0.6 is 38.5 Å². The molecule has 98 valence electrons. The molecule has 2 atom stereocenters. The van der Waals surface area contributed by atoms with Crippen LogP contribution in [0.1, 0.15) is 26.7 Å². The van der Waals surface area contributed by atoms with Gasteiger partial charge in [-0.25, -0.2) is 0 Å². The third kappa shape index (κ3) is 3.98. The molecule has 0 amide bonds. The molecule has 3 heteroatoms. The van der Waals surface area contributed by atoms with E-state index in [4.69, 9.17) is 0 Å². The minimum absolute atomic E-state index is 0.728. The Morgan fingerprint density at radius 1 is 1.44 bits per heavy atom. The summed E-state index contributed by atoms with van der Waals surface area (Å²) in [6, 6.07) is 6.45. The van der Waals surface area contributed by atoms with Gasteiger partial charge in [0.15, 0.2) is 0 Å². The first-order chi connectivity index (χ1) is 8.54. The van der Waals surface area contributed by atoms with Crippen LogP contribution in [-0.2, 0) is 0 Å². The monoisotopic (exact) mass is 419 g/mol. The zero-order chi connectivity index (χ0) is 13.1. The van der Waals surface area contributed by atoms with Gasteiger partial charge in [0.2, 0.25) is 0 Å². The lowest BCUT2D eigenvalue weighted by atomic mass is 9.84. The van der Waals surface area contributed by atoms with E-state index in [1.54, 1.807) is 5.57 Å². The average molecular weight is 420 g/mol. The summed E-state index contributed by atoms with van der Waals surface area (Å²) in [6.45, 7) is 5.63. The van der Waals surface area contributed by atoms with E-state index in [-0.39, 0.29) is 0 Å². The molecule has 18 heavy (non-hydrogen) atoms. The summed E-state index contributed by atoms with van der Waals surface area (Å²) >= 11 is 5.95. The predicted octanol–water partition coefficient (Wildman–Crippen LogP) is 5.46. The van der Waals surface area contributed by atoms with Crippen LogP contribution in [0.2, 0.25) is 0 Å². The highest BCUT2D eigenvalue weighted by Crippen LogP contribution is 2.29. The lowest BCUT2D eigenvalue weighted by molar-refractivity contribution is 0.421. The molecule has 0 saturated heterocycles. The molecule has 1 nitrogen and oxygen atoms in total. The Hall–Kier alpha value is -0.0300. The van der Waals surface area contributed by atoms with Crippen molar-refractivity contribution in [3.63, 3.8) is 0 Å². The van der Waals surface area contributed by atoms with Gasteiger partial charge in [-0.05, 0) is 88.3 Å². The standard InChI is InChI=1S/C15H19BrIN/c1-10-5-11(2)7-12(6-10)9-18-15-4-3-13(17)8-14(15)16/h3-5,8,10,12,18H,6-7,9H2,1-2H3. The highest BCUT2D eigenvalue weighted by molar-refractivity contribution is 14.1. The number of halogens is 2. The summed E-state index contributed by atoms with van der Waals surface area (Å²) in [4.78, 5) is 0. The van der Waals surface area contributed by atoms with Crippen molar-refractivity contribution in [2.24, 2.45) is 11.8 Å². The Morgan fingerprint density at radius 3 is 2.89 bits per heavy atom. The molecular weight excluding hydrogens is 401 g/mol. The van der Waals surface area contributed by atoms with E-state index in [9.17, 15) is 0 Å². The topological polar surface area (TPSA) is 12.0 Å². The maximum Gasteiger partial charge on any atom is 0.0485 e. The Kier molecular flexibility index (Phi) is 5.13. The quantitative estimate of drug-likeness (QED) is 0.506. The highest BCUT2D eigenvalue weighted by atomic mass is 127. The molecule has 0 spiro atoms. The van der Waals surface area contributed by atoms with Gasteiger partial charge in [0.1, 0.15) is 0 Å². The maximum absolute atomic E-state index is 3.62. The fourth-order valence-electron chi connectivity index (χ4n) is 2.73. The summed E-state index contributed by atoms with van der Waals surface area (Å²) < 4.78 is 2.42. The van der Waals surface area contributed by atoms with Crippen LogP contribution in [0.4, 0.5) is 5.69 Å². The Labute approximate surface area is 132 Å². The third-order valence-corrected chi connectivity index (χ3v) is 4.72. The normalized spacial score (nSPS) is 23.7. The van der Waals surface area contributed by atoms with E-state index in [1.807, 2.05) is 0 Å². The van der Waals surface area contributed by atoms with Crippen LogP contribution in [0.15, 0.2) is 34.3 Å². The molecule has 0 radical (unpaired) electrons. The SMILES string of the molecule is CC1=CC(C)CC(CNc2ccc(I)cc2Br)C1. The van der Waals surface area contributed by atoms with Crippen LogP contribution in [-0.4, -0.2) is 6.54 Å². The Balaban J connectivity index is 1.94. The summed E-state index contributed by atoms with van der Waals surface area (Å²) in [5.41, 5.74) is 2.75. The summed E-state index contributed by atoms with van der Waals surface area (Å²) in [6.07, 6.45) is 4.95. The minimum atomic E-state index is 0.728. The van der Waals surface area contributed by atoms with Gasteiger partial charge in [0.05, 0.1) is 0 Å². The number of hydrogen-bond donors (Lipinski definition) is 1. The third-order valence-electron chi connectivity index (χ3n) is 3.40. The molecule has 0 fully saturated rings. The smallest absolute Gasteiger partial charge is 0.0485 e. The van der Waals surface area contributed by atoms with Crippen molar-refractivity contribution in [1.82, 2.24) is 0 Å². The second-order valence-electron chi connectivity index (χ2n) is 5.30. The van der Waals surface area contributed by atoms with Gasteiger partial charge in [-0.15, -0.1) is 0 Å². The van der Waals surface area contributed by atoms with Crippen LogP contribution in [0.25, 0.3) is 0 Å². The van der Waals surface area contributed by atoms with E-state index in [0.717, 1.165) is 22.9 Å². The average Bonchev–Trinajstić information content (AvgIpc) is 2.26. The molecule has 1 N–H and O–H groups in total. The van der Waals surface area contributed by atoms with Crippen LogP contribution in [0.5, 0.6) is 0 Å². The Morgan fingerprint density at radius 2 is 2.22 bits per heavy atom. The maximum atomic E-state index is 3.62. The molecular formula is C15H19BrIN. The van der Waals surface area contributed by atoms with E-state index >= 15 is 0 Å². The van der Waals surface area contributed by atoms with E-state index in [0.29, 0.717) is 0 Å². The van der Waals surface area contributed by atoms with Gasteiger partial charge in [0, 0.05) is 20.3 Å². The van der Waals surface area contributed by atoms with Crippen LogP contribution in [0.3, 0.4) is 0 Å². The zero-order valence-corrected chi connectivity index (χ0v) is 14.6. The molecule has 2 rings (SSSR count). The van der Waals surface area contributed by atoms with Crippen molar-refractivity contribution in [2.75, 3.05) is 11.9 Å². The van der Waals surface area contributed by atoms with Crippen LogP contribution in [0, 0.1) is 15.4 Å². The molecule has 0 aromatic heterocycles. The van der Waals surface area contributed by atoms with Crippen molar-refractivity contribution in [3.8, 4) is 0 Å². The zero-order valence-electron chi connectivity index (χ0n) is 10.8. The molecule has 1 aliphatic rings. The molecule has 1 aromatic rings. The van der Waals surface area contributed by atoms with Crippen molar-refractivity contribution in [2.45, 2.75) is 26.7 Å². The van der Waals surface area contributed by atoms with Crippen LogP contribution < -0.4 is 5.32 Å². The van der Waals surface area contributed by atoms with Crippen molar-refractivity contribution in [3.05, 3.63) is 37.9 Å². The first-order valence-corrected chi connectivity index (χ1v) is 8.28. The van der Waals surface area contributed by atoms with E-state index in [1.165, 1.54) is 22.1 Å².